The molecule has 20 heavy (non-hydrogen) atoms. The van der Waals surface area contributed by atoms with Gasteiger partial charge < -0.3 is 20.1 Å². The third-order valence-corrected chi connectivity index (χ3v) is 3.39. The van der Waals surface area contributed by atoms with Crippen molar-refractivity contribution in [2.75, 3.05) is 0 Å². The summed E-state index contributed by atoms with van der Waals surface area (Å²) in [5, 5.41) is 28.2. The number of carbonyl (C=O) groups is 2. The number of hydrogen-bond donors (Lipinski definition) is 3. The lowest BCUT2D eigenvalue weighted by Crippen LogP contribution is -2.40. The average Bonchev–Trinajstić information content (AvgIpc) is 2.42. The van der Waals surface area contributed by atoms with Crippen LogP contribution in [0.1, 0.15) is 46.4 Å². The lowest BCUT2D eigenvalue weighted by Gasteiger charge is -2.33. The van der Waals surface area contributed by atoms with Crippen LogP contribution in [0.3, 0.4) is 0 Å². The highest BCUT2D eigenvalue weighted by atomic mass is 16.7. The topological polar surface area (TPSA) is 104 Å². The number of hydrogen-bond acceptors (Lipinski definition) is 5. The van der Waals surface area contributed by atoms with Gasteiger partial charge in [0.05, 0.1) is 17.2 Å². The Bertz CT molecular complexity index is 499. The minimum absolute atomic E-state index is 0.0704. The third-order valence-electron chi connectivity index (χ3n) is 3.39. The first-order valence-electron chi connectivity index (χ1n) is 6.37. The van der Waals surface area contributed by atoms with E-state index in [1.165, 1.54) is 24.3 Å². The molecule has 0 unspecified atom stereocenters. The van der Waals surface area contributed by atoms with Crippen molar-refractivity contribution in [3.63, 3.8) is 0 Å². The second-order valence-electron chi connectivity index (χ2n) is 4.95. The highest BCUT2D eigenvalue weighted by Gasteiger charge is 2.36. The number of aliphatic hydroxyl groups excluding tert-OH is 1. The Morgan fingerprint density at radius 3 is 2.10 bits per heavy atom. The van der Waals surface area contributed by atoms with Crippen molar-refractivity contribution >= 4 is 11.9 Å². The summed E-state index contributed by atoms with van der Waals surface area (Å²) < 4.78 is 5.07. The second-order valence-corrected chi connectivity index (χ2v) is 4.95. The maximum absolute atomic E-state index is 11.9. The number of rotatable bonds is 3. The van der Waals surface area contributed by atoms with Crippen molar-refractivity contribution in [2.45, 2.75) is 37.6 Å². The minimum Gasteiger partial charge on any atom is -0.478 e. The minimum atomic E-state index is -1.55. The molecule has 0 heterocycles. The molecule has 1 aliphatic rings. The van der Waals surface area contributed by atoms with Crippen LogP contribution in [-0.4, -0.2) is 39.1 Å². The number of aromatic carboxylic acids is 1. The molecule has 1 aromatic carbocycles. The first-order chi connectivity index (χ1) is 9.39. The van der Waals surface area contributed by atoms with Crippen molar-refractivity contribution < 1.29 is 29.6 Å². The first-order valence-corrected chi connectivity index (χ1v) is 6.37. The lowest BCUT2D eigenvalue weighted by molar-refractivity contribution is -0.193. The molecular weight excluding hydrogens is 264 g/mol. The van der Waals surface area contributed by atoms with Crippen molar-refractivity contribution in [1.29, 1.82) is 0 Å². The number of esters is 1. The zero-order valence-corrected chi connectivity index (χ0v) is 10.8. The molecule has 0 saturated heterocycles. The fourth-order valence-corrected chi connectivity index (χ4v) is 2.14. The maximum atomic E-state index is 11.9. The molecule has 1 aliphatic carbocycles. The molecule has 6 nitrogen and oxygen atoms in total. The van der Waals surface area contributed by atoms with Crippen LogP contribution in [0, 0.1) is 0 Å². The Kier molecular flexibility index (Phi) is 4.06. The Labute approximate surface area is 115 Å². The van der Waals surface area contributed by atoms with Gasteiger partial charge in [0.15, 0.2) is 0 Å². The van der Waals surface area contributed by atoms with E-state index in [0.717, 1.165) is 0 Å². The van der Waals surface area contributed by atoms with Gasteiger partial charge in [-0.05, 0) is 37.1 Å². The molecule has 3 N–H and O–H groups in total. The van der Waals surface area contributed by atoms with Crippen molar-refractivity contribution in [3.05, 3.63) is 35.4 Å². The van der Waals surface area contributed by atoms with E-state index in [-0.39, 0.29) is 24.0 Å². The van der Waals surface area contributed by atoms with E-state index in [0.29, 0.717) is 12.8 Å². The summed E-state index contributed by atoms with van der Waals surface area (Å²) in [7, 11) is 0. The highest BCUT2D eigenvalue weighted by Crippen LogP contribution is 2.30. The maximum Gasteiger partial charge on any atom is 0.340 e. The summed E-state index contributed by atoms with van der Waals surface area (Å²) >= 11 is 0. The van der Waals surface area contributed by atoms with Crippen molar-refractivity contribution in [3.8, 4) is 0 Å². The molecule has 2 rings (SSSR count). The summed E-state index contributed by atoms with van der Waals surface area (Å²) in [5.41, 5.74) is 0.246. The van der Waals surface area contributed by atoms with Crippen LogP contribution in [0.5, 0.6) is 0 Å². The molecule has 1 aromatic rings. The number of aliphatic hydroxyl groups is 2. The average molecular weight is 280 g/mol. The molecule has 0 bridgehead atoms. The molecule has 108 valence electrons. The molecule has 0 amide bonds. The van der Waals surface area contributed by atoms with Crippen LogP contribution in [0.2, 0.25) is 0 Å². The zero-order valence-electron chi connectivity index (χ0n) is 10.8. The van der Waals surface area contributed by atoms with E-state index < -0.39 is 23.8 Å². The van der Waals surface area contributed by atoms with E-state index >= 15 is 0 Å². The fraction of sp³-hybridized carbons (Fsp3) is 0.429. The van der Waals surface area contributed by atoms with Crippen LogP contribution in [0.15, 0.2) is 24.3 Å². The Morgan fingerprint density at radius 2 is 1.60 bits per heavy atom. The summed E-state index contributed by atoms with van der Waals surface area (Å²) in [6, 6.07) is 5.28. The molecule has 0 radical (unpaired) electrons. The molecule has 0 spiro atoms. The molecule has 0 aliphatic heterocycles. The number of carboxylic acids is 1. The van der Waals surface area contributed by atoms with Crippen LogP contribution in [-0.2, 0) is 4.74 Å². The highest BCUT2D eigenvalue weighted by molar-refractivity contribution is 5.92. The van der Waals surface area contributed by atoms with Gasteiger partial charge >= 0.3 is 11.9 Å². The summed E-state index contributed by atoms with van der Waals surface area (Å²) in [6.07, 6.45) is 0.660. The second kappa shape index (κ2) is 5.60. The number of ether oxygens (including phenoxy) is 1. The zero-order chi connectivity index (χ0) is 14.8. The first kappa shape index (κ1) is 14.5. The molecule has 0 aromatic heterocycles. The molecule has 6 heteroatoms. The summed E-state index contributed by atoms with van der Waals surface area (Å²) in [4.78, 5) is 22.6. The number of benzene rings is 1. The van der Waals surface area contributed by atoms with Gasteiger partial charge in [-0.25, -0.2) is 9.59 Å². The van der Waals surface area contributed by atoms with Crippen molar-refractivity contribution in [2.24, 2.45) is 0 Å². The quantitative estimate of drug-likeness (QED) is 0.567. The number of carboxylic acid groups (broad SMARTS) is 1. The lowest BCUT2D eigenvalue weighted by atomic mass is 9.92. The van der Waals surface area contributed by atoms with Gasteiger partial charge in [0, 0.05) is 12.8 Å². The Balaban J connectivity index is 2.02. The van der Waals surface area contributed by atoms with E-state index in [2.05, 4.69) is 0 Å². The monoisotopic (exact) mass is 280 g/mol. The van der Waals surface area contributed by atoms with Crippen LogP contribution in [0.4, 0.5) is 0 Å². The van der Waals surface area contributed by atoms with Gasteiger partial charge in [0.25, 0.3) is 0 Å². The van der Waals surface area contributed by atoms with E-state index in [9.17, 15) is 19.8 Å². The SMILES string of the molecule is O=C(O)c1ccc(C(=O)OC2(O)CCC(O)CC2)cc1. The Hall–Kier alpha value is -1.92. The Morgan fingerprint density at radius 1 is 1.10 bits per heavy atom. The standard InChI is InChI=1S/C14H16O6/c15-11-5-7-14(19,8-6-11)20-13(18)10-3-1-9(2-4-10)12(16)17/h1-4,11,15,19H,5-8H2,(H,16,17). The molecule has 1 saturated carbocycles. The van der Waals surface area contributed by atoms with E-state index in [4.69, 9.17) is 9.84 Å². The molecule has 1 fully saturated rings. The van der Waals surface area contributed by atoms with E-state index in [1.54, 1.807) is 0 Å². The predicted octanol–water partition coefficient (Wildman–Crippen LogP) is 1.17. The largest absolute Gasteiger partial charge is 0.478 e. The smallest absolute Gasteiger partial charge is 0.340 e. The van der Waals surface area contributed by atoms with Gasteiger partial charge in [0.2, 0.25) is 5.79 Å². The summed E-state index contributed by atoms with van der Waals surface area (Å²) in [6.45, 7) is 0. The van der Waals surface area contributed by atoms with Crippen LogP contribution >= 0.6 is 0 Å². The molecular formula is C14H16O6. The number of carbonyl (C=O) groups excluding carboxylic acids is 1. The van der Waals surface area contributed by atoms with Gasteiger partial charge in [-0.2, -0.15) is 0 Å². The summed E-state index contributed by atoms with van der Waals surface area (Å²) in [5.74, 6) is -3.34. The third kappa shape index (κ3) is 3.34. The van der Waals surface area contributed by atoms with Crippen molar-refractivity contribution in [1.82, 2.24) is 0 Å². The van der Waals surface area contributed by atoms with Crippen LogP contribution in [0.25, 0.3) is 0 Å². The normalized spacial score (nSPS) is 26.0. The van der Waals surface area contributed by atoms with Crippen LogP contribution < -0.4 is 0 Å². The van der Waals surface area contributed by atoms with Gasteiger partial charge in [-0.15, -0.1) is 0 Å². The predicted molar refractivity (Wildman–Crippen MR) is 68.2 cm³/mol. The molecule has 0 atom stereocenters. The van der Waals surface area contributed by atoms with E-state index in [1.807, 2.05) is 0 Å². The van der Waals surface area contributed by atoms with Gasteiger partial charge in [0.1, 0.15) is 0 Å². The van der Waals surface area contributed by atoms with Gasteiger partial charge in [-0.1, -0.05) is 0 Å². The fourth-order valence-electron chi connectivity index (χ4n) is 2.14. The van der Waals surface area contributed by atoms with Gasteiger partial charge in [-0.3, -0.25) is 0 Å².